The summed E-state index contributed by atoms with van der Waals surface area (Å²) in [6.07, 6.45) is 6.21. The Kier molecular flexibility index (Phi) is 6.46. The highest BCUT2D eigenvalue weighted by Gasteiger charge is 2.18. The van der Waals surface area contributed by atoms with E-state index in [9.17, 15) is 4.79 Å². The van der Waals surface area contributed by atoms with Gasteiger partial charge in [-0.3, -0.25) is 0 Å². The molecule has 3 rings (SSSR count). The van der Waals surface area contributed by atoms with Crippen LogP contribution in [0.3, 0.4) is 0 Å². The highest BCUT2D eigenvalue weighted by molar-refractivity contribution is 6.08. The molecule has 2 aromatic heterocycles. The first-order valence-corrected chi connectivity index (χ1v) is 9.97. The van der Waals surface area contributed by atoms with Crippen LogP contribution in [0.15, 0.2) is 18.2 Å². The Bertz CT molecular complexity index is 980. The summed E-state index contributed by atoms with van der Waals surface area (Å²) in [4.78, 5) is 21.2. The molecule has 28 heavy (non-hydrogen) atoms. The molecule has 0 spiro atoms. The summed E-state index contributed by atoms with van der Waals surface area (Å²) in [5.41, 5.74) is 14.8. The predicted octanol–water partition coefficient (Wildman–Crippen LogP) is 3.42. The first kappa shape index (κ1) is 20.1. The van der Waals surface area contributed by atoms with Crippen LogP contribution in [0.25, 0.3) is 21.9 Å². The molecule has 7 nitrogen and oxygen atoms in total. The van der Waals surface area contributed by atoms with Gasteiger partial charge in [0.15, 0.2) is 5.82 Å². The van der Waals surface area contributed by atoms with Crippen LogP contribution in [0.5, 0.6) is 0 Å². The van der Waals surface area contributed by atoms with E-state index in [1.807, 2.05) is 6.07 Å². The average molecular weight is 383 g/mol. The monoisotopic (exact) mass is 383 g/mol. The molecule has 1 aromatic carbocycles. The summed E-state index contributed by atoms with van der Waals surface area (Å²) >= 11 is 0. The maximum absolute atomic E-state index is 11.9. The third-order valence-corrected chi connectivity index (χ3v) is 5.04. The number of unbranched alkanes of at least 4 members (excludes halogenated alkanes) is 3. The zero-order valence-corrected chi connectivity index (χ0v) is 16.7. The summed E-state index contributed by atoms with van der Waals surface area (Å²) in [6, 6.07) is 5.41. The minimum absolute atomic E-state index is 0.388. The number of rotatable bonds is 9. The van der Waals surface area contributed by atoms with Gasteiger partial charge in [-0.05, 0) is 44.0 Å². The molecule has 150 valence electrons. The van der Waals surface area contributed by atoms with E-state index in [-0.39, 0.29) is 5.97 Å². The first-order chi connectivity index (χ1) is 13.6. The second kappa shape index (κ2) is 9.01. The van der Waals surface area contributed by atoms with Gasteiger partial charge in [-0.15, -0.1) is 0 Å². The van der Waals surface area contributed by atoms with Crippen LogP contribution in [0.1, 0.15) is 55.2 Å². The molecule has 0 amide bonds. The summed E-state index contributed by atoms with van der Waals surface area (Å²) in [7, 11) is 1.37. The molecule has 2 heterocycles. The molecule has 0 atom stereocenters. The van der Waals surface area contributed by atoms with E-state index < -0.39 is 0 Å². The maximum Gasteiger partial charge on any atom is 0.337 e. The minimum Gasteiger partial charge on any atom is -0.465 e. The molecule has 0 bridgehead atoms. The molecular formula is C21H29N5O2. The quantitative estimate of drug-likeness (QED) is 0.433. The van der Waals surface area contributed by atoms with Gasteiger partial charge in [-0.1, -0.05) is 19.8 Å². The fourth-order valence-corrected chi connectivity index (χ4v) is 3.56. The van der Waals surface area contributed by atoms with Crippen molar-refractivity contribution in [3.05, 3.63) is 29.6 Å². The predicted molar refractivity (Wildman–Crippen MR) is 112 cm³/mol. The van der Waals surface area contributed by atoms with Crippen molar-refractivity contribution in [2.75, 3.05) is 19.4 Å². The molecule has 0 saturated heterocycles. The zero-order valence-electron chi connectivity index (χ0n) is 16.7. The molecule has 4 N–H and O–H groups in total. The second-order valence-corrected chi connectivity index (χ2v) is 7.05. The number of methoxy groups -OCH3 is 1. The van der Waals surface area contributed by atoms with E-state index in [0.29, 0.717) is 23.4 Å². The summed E-state index contributed by atoms with van der Waals surface area (Å²) in [5.74, 6) is 1.05. The number of benzene rings is 1. The molecule has 0 fully saturated rings. The lowest BCUT2D eigenvalue weighted by Gasteiger charge is -2.11. The van der Waals surface area contributed by atoms with Gasteiger partial charge in [0.25, 0.3) is 0 Å². The molecule has 0 unspecified atom stereocenters. The number of carbonyl (C=O) groups excluding carboxylic acids is 1. The number of fused-ring (bicyclic) bond motifs is 3. The van der Waals surface area contributed by atoms with Gasteiger partial charge >= 0.3 is 5.97 Å². The van der Waals surface area contributed by atoms with Gasteiger partial charge in [0.2, 0.25) is 0 Å². The number of nitrogens with zero attached hydrogens (tertiary/aromatic N) is 3. The topological polar surface area (TPSA) is 109 Å². The van der Waals surface area contributed by atoms with Crippen molar-refractivity contribution in [2.45, 2.75) is 52.0 Å². The Morgan fingerprint density at radius 2 is 2.00 bits per heavy atom. The van der Waals surface area contributed by atoms with Crippen molar-refractivity contribution in [1.29, 1.82) is 0 Å². The van der Waals surface area contributed by atoms with Crippen LogP contribution in [0.4, 0.5) is 5.82 Å². The molecule has 0 radical (unpaired) electrons. The molecule has 0 aliphatic rings. The lowest BCUT2D eigenvalue weighted by Crippen LogP contribution is -2.06. The number of aryl methyl sites for hydroxylation is 2. The molecule has 0 aliphatic carbocycles. The molecule has 0 saturated carbocycles. The van der Waals surface area contributed by atoms with Crippen LogP contribution >= 0.6 is 0 Å². The Morgan fingerprint density at radius 1 is 1.18 bits per heavy atom. The number of hydrogen-bond donors (Lipinski definition) is 2. The number of anilines is 1. The van der Waals surface area contributed by atoms with Crippen LogP contribution in [-0.2, 0) is 17.7 Å². The minimum atomic E-state index is -0.388. The molecule has 0 aliphatic heterocycles. The van der Waals surface area contributed by atoms with Crippen molar-refractivity contribution >= 4 is 33.7 Å². The Morgan fingerprint density at radius 3 is 2.71 bits per heavy atom. The SMILES string of the molecule is CCCCc1nc2c(N)nc3cc(C(=O)OC)ccc3c2n1CCCCCN. The van der Waals surface area contributed by atoms with Gasteiger partial charge in [0.1, 0.15) is 11.3 Å². The van der Waals surface area contributed by atoms with Crippen LogP contribution in [-0.4, -0.2) is 34.2 Å². The van der Waals surface area contributed by atoms with E-state index in [0.717, 1.165) is 67.3 Å². The third-order valence-electron chi connectivity index (χ3n) is 5.04. The van der Waals surface area contributed by atoms with Crippen molar-refractivity contribution in [2.24, 2.45) is 5.73 Å². The lowest BCUT2D eigenvalue weighted by molar-refractivity contribution is 0.0601. The van der Waals surface area contributed by atoms with E-state index in [4.69, 9.17) is 21.2 Å². The number of ether oxygens (including phenoxy) is 1. The highest BCUT2D eigenvalue weighted by atomic mass is 16.5. The van der Waals surface area contributed by atoms with Gasteiger partial charge < -0.3 is 20.8 Å². The number of imidazole rings is 1. The third kappa shape index (κ3) is 3.94. The number of esters is 1. The van der Waals surface area contributed by atoms with Crippen LogP contribution in [0.2, 0.25) is 0 Å². The highest BCUT2D eigenvalue weighted by Crippen LogP contribution is 2.30. The summed E-state index contributed by atoms with van der Waals surface area (Å²) < 4.78 is 7.10. The number of hydrogen-bond acceptors (Lipinski definition) is 6. The standard InChI is InChI=1S/C21H29N5O2/c1-3-4-8-17-25-18-19(26(17)12-7-5-6-11-22)15-10-9-14(21(27)28-2)13-16(15)24-20(18)23/h9-10,13H,3-8,11-12,22H2,1-2H3,(H2,23,24). The second-order valence-electron chi connectivity index (χ2n) is 7.05. The van der Waals surface area contributed by atoms with E-state index in [1.54, 1.807) is 12.1 Å². The van der Waals surface area contributed by atoms with Gasteiger partial charge in [0.05, 0.1) is 23.7 Å². The fraction of sp³-hybridized carbons (Fsp3) is 0.476. The van der Waals surface area contributed by atoms with Crippen molar-refractivity contribution in [1.82, 2.24) is 14.5 Å². The Balaban J connectivity index is 2.15. The van der Waals surface area contributed by atoms with E-state index >= 15 is 0 Å². The largest absolute Gasteiger partial charge is 0.465 e. The van der Waals surface area contributed by atoms with E-state index in [1.165, 1.54) is 7.11 Å². The lowest BCUT2D eigenvalue weighted by atomic mass is 10.1. The fourth-order valence-electron chi connectivity index (χ4n) is 3.56. The average Bonchev–Trinajstić information content (AvgIpc) is 3.08. The summed E-state index contributed by atoms with van der Waals surface area (Å²) in [5, 5.41) is 0.950. The number of aromatic nitrogens is 3. The Hall–Kier alpha value is -2.67. The number of nitrogen functional groups attached to an aromatic ring is 1. The molecule has 7 heteroatoms. The Labute approximate surface area is 165 Å². The van der Waals surface area contributed by atoms with Crippen LogP contribution in [0, 0.1) is 0 Å². The summed E-state index contributed by atoms with van der Waals surface area (Å²) in [6.45, 7) is 3.75. The normalized spacial score (nSPS) is 11.4. The molecular weight excluding hydrogens is 354 g/mol. The van der Waals surface area contributed by atoms with E-state index in [2.05, 4.69) is 16.5 Å². The van der Waals surface area contributed by atoms with Gasteiger partial charge in [0, 0.05) is 18.4 Å². The first-order valence-electron chi connectivity index (χ1n) is 9.97. The maximum atomic E-state index is 11.9. The number of carbonyl (C=O) groups is 1. The molecule has 3 aromatic rings. The van der Waals surface area contributed by atoms with Gasteiger partial charge in [-0.25, -0.2) is 14.8 Å². The van der Waals surface area contributed by atoms with Crippen molar-refractivity contribution in [3.63, 3.8) is 0 Å². The van der Waals surface area contributed by atoms with Crippen LogP contribution < -0.4 is 11.5 Å². The van der Waals surface area contributed by atoms with Gasteiger partial charge in [-0.2, -0.15) is 0 Å². The smallest absolute Gasteiger partial charge is 0.337 e. The zero-order chi connectivity index (χ0) is 20.1. The number of pyridine rings is 1. The van der Waals surface area contributed by atoms with Crippen molar-refractivity contribution in [3.8, 4) is 0 Å². The van der Waals surface area contributed by atoms with Crippen molar-refractivity contribution < 1.29 is 9.53 Å². The number of nitrogens with two attached hydrogens (primary N) is 2.